The van der Waals surface area contributed by atoms with Crippen LogP contribution in [-0.2, 0) is 22.1 Å². The van der Waals surface area contributed by atoms with Crippen molar-refractivity contribution >= 4 is 38.9 Å². The summed E-state index contributed by atoms with van der Waals surface area (Å²) in [4.78, 5) is 13.5. The maximum atomic E-state index is 11.5. The lowest BCUT2D eigenvalue weighted by Crippen LogP contribution is -2.40. The summed E-state index contributed by atoms with van der Waals surface area (Å²) in [6.07, 6.45) is 9.47. The lowest BCUT2D eigenvalue weighted by molar-refractivity contribution is 0.282. The van der Waals surface area contributed by atoms with E-state index in [-0.39, 0.29) is 16.2 Å². The third-order valence-electron chi connectivity index (χ3n) is 5.91. The summed E-state index contributed by atoms with van der Waals surface area (Å²) in [5, 5.41) is 19.3. The van der Waals surface area contributed by atoms with Crippen LogP contribution in [0.2, 0.25) is 0 Å². The molecule has 3 heterocycles. The number of aliphatic imine (C=N–C) groups is 1. The van der Waals surface area contributed by atoms with Crippen LogP contribution in [0, 0.1) is 0 Å². The fourth-order valence-electron chi connectivity index (χ4n) is 4.51. The summed E-state index contributed by atoms with van der Waals surface area (Å²) in [5.41, 5.74) is 2.11. The van der Waals surface area contributed by atoms with Gasteiger partial charge in [0.25, 0.3) is 0 Å². The van der Waals surface area contributed by atoms with Crippen LogP contribution >= 0.6 is 0 Å². The van der Waals surface area contributed by atoms with Crippen LogP contribution in [0.5, 0.6) is 5.75 Å². The smallest absolute Gasteiger partial charge is 0.238 e. The van der Waals surface area contributed by atoms with Gasteiger partial charge in [0.1, 0.15) is 11.4 Å². The Balaban J connectivity index is 1.54. The number of benzene rings is 1. The highest BCUT2D eigenvalue weighted by Gasteiger charge is 2.37. The van der Waals surface area contributed by atoms with Crippen molar-refractivity contribution in [3.63, 3.8) is 0 Å². The number of nitrogens with zero attached hydrogens (tertiary/aromatic N) is 4. The summed E-state index contributed by atoms with van der Waals surface area (Å²) < 4.78 is 25.2. The van der Waals surface area contributed by atoms with Gasteiger partial charge in [-0.05, 0) is 31.0 Å². The minimum atomic E-state index is -3.90. The van der Waals surface area contributed by atoms with E-state index in [1.165, 1.54) is 18.6 Å². The molecule has 0 radical (unpaired) electrons. The zero-order valence-corrected chi connectivity index (χ0v) is 17.1. The Bertz CT molecular complexity index is 1280. The summed E-state index contributed by atoms with van der Waals surface area (Å²) in [6.45, 7) is 0.622. The van der Waals surface area contributed by atoms with Crippen LogP contribution in [0.15, 0.2) is 40.4 Å². The number of nitrogens with two attached hydrogens (primary N) is 1. The highest BCUT2D eigenvalue weighted by molar-refractivity contribution is 7.89. The van der Waals surface area contributed by atoms with Crippen molar-refractivity contribution in [1.82, 2.24) is 14.5 Å². The largest absolute Gasteiger partial charge is 0.506 e. The van der Waals surface area contributed by atoms with Crippen molar-refractivity contribution in [3.8, 4) is 5.75 Å². The number of anilines is 2. The molecule has 1 saturated carbocycles. The first-order valence-electron chi connectivity index (χ1n) is 9.87. The van der Waals surface area contributed by atoms with E-state index >= 15 is 0 Å². The van der Waals surface area contributed by atoms with Gasteiger partial charge < -0.3 is 15.0 Å². The lowest BCUT2D eigenvalue weighted by atomic mass is 9.81. The second-order valence-corrected chi connectivity index (χ2v) is 9.49. The molecule has 2 aliphatic rings. The zero-order chi connectivity index (χ0) is 20.9. The predicted octanol–water partition coefficient (Wildman–Crippen LogP) is 2.77. The molecule has 0 amide bonds. The van der Waals surface area contributed by atoms with Crippen molar-refractivity contribution in [2.75, 3.05) is 5.32 Å². The topological polar surface area (TPSA) is 135 Å². The van der Waals surface area contributed by atoms with Crippen LogP contribution < -0.4 is 10.5 Å². The van der Waals surface area contributed by atoms with Gasteiger partial charge in [-0.2, -0.15) is 4.98 Å². The molecule has 1 aliphatic carbocycles. The first-order valence-corrected chi connectivity index (χ1v) is 11.4. The SMILES string of the molecule is NS(=O)(=O)c1ccc(Nc2ncc3cc4n(c3n2)C2(C=NC4)CCCCC2)c(O)c1. The minimum Gasteiger partial charge on any atom is -0.506 e. The molecule has 3 aromatic rings. The number of hydrogen-bond donors (Lipinski definition) is 3. The Morgan fingerprint density at radius 1 is 1.17 bits per heavy atom. The second kappa shape index (κ2) is 6.78. The number of sulfonamides is 1. The van der Waals surface area contributed by atoms with Crippen LogP contribution in [0.3, 0.4) is 0 Å². The summed E-state index contributed by atoms with van der Waals surface area (Å²) >= 11 is 0. The van der Waals surface area contributed by atoms with Gasteiger partial charge in [0, 0.05) is 29.6 Å². The van der Waals surface area contributed by atoms with Gasteiger partial charge in [-0.3, -0.25) is 4.99 Å². The highest BCUT2D eigenvalue weighted by Crippen LogP contribution is 2.40. The number of nitrogens with one attached hydrogen (secondary N) is 1. The molecule has 2 aromatic heterocycles. The molecule has 9 nitrogen and oxygen atoms in total. The van der Waals surface area contributed by atoms with E-state index in [1.54, 1.807) is 6.20 Å². The number of hydrogen-bond acceptors (Lipinski definition) is 7. The maximum absolute atomic E-state index is 11.5. The van der Waals surface area contributed by atoms with Gasteiger partial charge in [-0.25, -0.2) is 18.5 Å². The fourth-order valence-corrected chi connectivity index (χ4v) is 5.05. The summed E-state index contributed by atoms with van der Waals surface area (Å²) in [5.74, 6) is 0.0637. The number of phenolic OH excluding ortho intramolecular Hbond substituents is 1. The Morgan fingerprint density at radius 3 is 2.70 bits per heavy atom. The van der Waals surface area contributed by atoms with Crippen molar-refractivity contribution in [1.29, 1.82) is 0 Å². The summed E-state index contributed by atoms with van der Waals surface area (Å²) in [7, 11) is -3.90. The van der Waals surface area contributed by atoms with E-state index in [2.05, 4.69) is 32.1 Å². The number of aromatic nitrogens is 3. The Hall–Kier alpha value is -2.98. The Labute approximate surface area is 173 Å². The second-order valence-electron chi connectivity index (χ2n) is 7.93. The third-order valence-corrected chi connectivity index (χ3v) is 6.82. The minimum absolute atomic E-state index is 0.140. The maximum Gasteiger partial charge on any atom is 0.238 e. The molecule has 1 aliphatic heterocycles. The average Bonchev–Trinajstić information content (AvgIpc) is 3.09. The molecule has 1 spiro atoms. The molecule has 10 heteroatoms. The molecule has 0 saturated heterocycles. The van der Waals surface area contributed by atoms with Crippen molar-refractivity contribution < 1.29 is 13.5 Å². The normalized spacial score (nSPS) is 17.9. The molecule has 4 N–H and O–H groups in total. The van der Waals surface area contributed by atoms with Crippen LogP contribution in [0.25, 0.3) is 11.0 Å². The van der Waals surface area contributed by atoms with Crippen LogP contribution in [-0.4, -0.2) is 34.3 Å². The van der Waals surface area contributed by atoms with Crippen molar-refractivity contribution in [2.45, 2.75) is 49.1 Å². The van der Waals surface area contributed by atoms with Crippen molar-refractivity contribution in [3.05, 3.63) is 36.2 Å². The fraction of sp³-hybridized carbons (Fsp3) is 0.350. The standard InChI is InChI=1S/C20H22N6O3S/c21-30(28,29)15-4-5-16(17(27)9-15)24-19-23-10-13-8-14-11-22-12-20(6-2-1-3-7-20)26(14)18(13)25-19/h4-5,8-10,12,27H,1-3,6-7,11H2,(H2,21,28,29)(H,23,24,25). The van der Waals surface area contributed by atoms with Gasteiger partial charge in [0.2, 0.25) is 16.0 Å². The molecule has 0 atom stereocenters. The Kier molecular flexibility index (Phi) is 4.30. The van der Waals surface area contributed by atoms with Gasteiger partial charge in [0.05, 0.1) is 22.7 Å². The van der Waals surface area contributed by atoms with Crippen LogP contribution in [0.1, 0.15) is 37.8 Å². The zero-order valence-electron chi connectivity index (χ0n) is 16.2. The Morgan fingerprint density at radius 2 is 1.97 bits per heavy atom. The first-order chi connectivity index (χ1) is 14.4. The van der Waals surface area contributed by atoms with Gasteiger partial charge in [-0.15, -0.1) is 0 Å². The molecular formula is C20H22N6O3S. The number of phenols is 1. The van der Waals surface area contributed by atoms with E-state index in [0.717, 1.165) is 48.5 Å². The van der Waals surface area contributed by atoms with E-state index in [0.29, 0.717) is 18.2 Å². The molecule has 5 rings (SSSR count). The van der Waals surface area contributed by atoms with E-state index < -0.39 is 10.0 Å². The molecule has 1 fully saturated rings. The molecule has 0 unspecified atom stereocenters. The highest BCUT2D eigenvalue weighted by atomic mass is 32.2. The molecule has 1 aromatic carbocycles. The molecule has 0 bridgehead atoms. The monoisotopic (exact) mass is 426 g/mol. The first kappa shape index (κ1) is 19.0. The van der Waals surface area contributed by atoms with Gasteiger partial charge in [-0.1, -0.05) is 19.3 Å². The van der Waals surface area contributed by atoms with Crippen LogP contribution in [0.4, 0.5) is 11.6 Å². The molecular weight excluding hydrogens is 404 g/mol. The number of aromatic hydroxyl groups is 1. The van der Waals surface area contributed by atoms with E-state index in [4.69, 9.17) is 10.1 Å². The number of rotatable bonds is 3. The molecule has 156 valence electrons. The lowest BCUT2D eigenvalue weighted by Gasteiger charge is -2.39. The quantitative estimate of drug-likeness (QED) is 0.551. The summed E-state index contributed by atoms with van der Waals surface area (Å²) in [6, 6.07) is 5.95. The number of primary sulfonamides is 1. The van der Waals surface area contributed by atoms with Crippen molar-refractivity contribution in [2.24, 2.45) is 10.1 Å². The van der Waals surface area contributed by atoms with Gasteiger partial charge >= 0.3 is 0 Å². The predicted molar refractivity (Wildman–Crippen MR) is 114 cm³/mol. The van der Waals surface area contributed by atoms with E-state index in [1.807, 2.05) is 0 Å². The number of fused-ring (bicyclic) bond motifs is 4. The average molecular weight is 427 g/mol. The molecule has 30 heavy (non-hydrogen) atoms. The third kappa shape index (κ3) is 3.12. The van der Waals surface area contributed by atoms with E-state index in [9.17, 15) is 13.5 Å². The van der Waals surface area contributed by atoms with Gasteiger partial charge in [0.15, 0.2) is 0 Å².